The van der Waals surface area contributed by atoms with E-state index in [-0.39, 0.29) is 38.3 Å². The molecule has 0 aromatic rings. The van der Waals surface area contributed by atoms with Crippen LogP contribution in [0.5, 0.6) is 0 Å². The summed E-state index contributed by atoms with van der Waals surface area (Å²) in [7, 11) is -11.9. The summed E-state index contributed by atoms with van der Waals surface area (Å²) in [5, 5.41) is 0. The molecular formula is C24H59O13Si15. The van der Waals surface area contributed by atoms with Crippen molar-refractivity contribution in [3.8, 4) is 0 Å². The van der Waals surface area contributed by atoms with E-state index < -0.39 is 81.4 Å². The Kier molecular flexibility index (Phi) is 25.3. The molecule has 15 radical (unpaired) electrons. The van der Waals surface area contributed by atoms with Gasteiger partial charge < -0.3 is 54.4 Å². The molecule has 8 unspecified atom stereocenters. The van der Waals surface area contributed by atoms with Crippen LogP contribution in [0.15, 0.2) is 0 Å². The highest BCUT2D eigenvalue weighted by Crippen LogP contribution is 2.28. The maximum Gasteiger partial charge on any atom is 0.409 e. The van der Waals surface area contributed by atoms with Crippen molar-refractivity contribution < 1.29 is 54.4 Å². The second-order valence-corrected chi connectivity index (χ2v) is 44.4. The van der Waals surface area contributed by atoms with Crippen molar-refractivity contribution in [3.63, 3.8) is 0 Å². The van der Waals surface area contributed by atoms with Crippen LogP contribution in [0.4, 0.5) is 0 Å². The molecule has 0 N–H and O–H groups in total. The van der Waals surface area contributed by atoms with Crippen LogP contribution in [-0.4, -0.2) is 159 Å². The van der Waals surface area contributed by atoms with Gasteiger partial charge in [0, 0.05) is 18.3 Å². The van der Waals surface area contributed by atoms with Gasteiger partial charge in [0.1, 0.15) is 0 Å². The molecule has 0 spiro atoms. The number of hydrogen-bond donors (Lipinski definition) is 0. The lowest BCUT2D eigenvalue weighted by Gasteiger charge is -2.37. The highest BCUT2D eigenvalue weighted by atomic mass is 28.4. The highest BCUT2D eigenvalue weighted by molar-refractivity contribution is 6.80. The lowest BCUT2D eigenvalue weighted by Crippen LogP contribution is -2.49. The third-order valence-corrected chi connectivity index (χ3v) is 43.0. The molecule has 3 saturated heterocycles. The summed E-state index contributed by atoms with van der Waals surface area (Å²) in [6, 6.07) is 10.7. The average molecular weight is 977 g/mol. The second kappa shape index (κ2) is 26.8. The van der Waals surface area contributed by atoms with Crippen molar-refractivity contribution >= 4 is 140 Å². The van der Waals surface area contributed by atoms with Crippen molar-refractivity contribution in [2.24, 2.45) is 0 Å². The quantitative estimate of drug-likeness (QED) is 0.132. The minimum Gasteiger partial charge on any atom is -0.441 e. The topological polar surface area (TPSA) is 120 Å². The number of hydrogen-bond acceptors (Lipinski definition) is 13. The predicted octanol–water partition coefficient (Wildman–Crippen LogP) is 2.78. The average Bonchev–Trinajstić information content (AvgIpc) is 2.99. The fraction of sp³-hybridized carbons (Fsp3) is 1.00. The Morgan fingerprint density at radius 3 is 1.58 bits per heavy atom. The Morgan fingerprint density at radius 1 is 0.596 bits per heavy atom. The molecule has 3 heterocycles. The summed E-state index contributed by atoms with van der Waals surface area (Å²) < 4.78 is 80.3. The largest absolute Gasteiger partial charge is 0.441 e. The molecule has 293 valence electrons. The molecule has 0 saturated carbocycles. The van der Waals surface area contributed by atoms with Gasteiger partial charge in [-0.15, -0.1) is 0 Å². The van der Waals surface area contributed by atoms with Gasteiger partial charge in [-0.2, -0.15) is 0 Å². The van der Waals surface area contributed by atoms with Gasteiger partial charge in [0.25, 0.3) is 27.9 Å². The summed E-state index contributed by atoms with van der Waals surface area (Å²) in [5.41, 5.74) is 0. The third kappa shape index (κ3) is 22.2. The Balaban J connectivity index is 1.18. The highest BCUT2D eigenvalue weighted by Gasteiger charge is 2.39. The Bertz CT molecular complexity index is 918. The zero-order valence-corrected chi connectivity index (χ0v) is 48.2. The van der Waals surface area contributed by atoms with Crippen LogP contribution in [0.2, 0.25) is 112 Å². The fourth-order valence-electron chi connectivity index (χ4n) is 6.27. The van der Waals surface area contributed by atoms with Crippen LogP contribution in [-0.2, 0) is 54.4 Å². The van der Waals surface area contributed by atoms with E-state index in [1.54, 1.807) is 0 Å². The third-order valence-electron chi connectivity index (χ3n) is 7.92. The smallest absolute Gasteiger partial charge is 0.409 e. The van der Waals surface area contributed by atoms with Crippen molar-refractivity contribution in [2.75, 3.05) is 0 Å². The van der Waals surface area contributed by atoms with Gasteiger partial charge in [0.2, 0.25) is 39.1 Å². The van der Waals surface area contributed by atoms with Gasteiger partial charge in [-0.1, -0.05) is 0 Å². The van der Waals surface area contributed by atoms with E-state index in [2.05, 4.69) is 66.6 Å². The molecule has 3 aliphatic rings. The Hall–Kier alpha value is 2.73. The van der Waals surface area contributed by atoms with E-state index in [0.717, 1.165) is 66.5 Å². The van der Waals surface area contributed by atoms with Crippen molar-refractivity contribution in [1.29, 1.82) is 0 Å². The predicted molar refractivity (Wildman–Crippen MR) is 228 cm³/mol. The van der Waals surface area contributed by atoms with Crippen LogP contribution < -0.4 is 0 Å². The summed E-state index contributed by atoms with van der Waals surface area (Å²) in [6.07, 6.45) is 0.582. The minimum absolute atomic E-state index is 0.0670. The molecule has 0 bridgehead atoms. The van der Waals surface area contributed by atoms with Crippen molar-refractivity contribution in [2.45, 2.75) is 151 Å². The standard InChI is InChI=1S/C24H59O13Si15/c1-22-19-44(4)32-45(5)33-48(25-22)15-11-38-28-42-29-39-13-17-50-27-24(3)21-52(10,37-47(7)35-50)18-14-41-31-43-30-40-12-16-49-26-23(2)20-51(8,9)36-46(6)34-49/h22-24,44-47H,11-21H2,1-10H3. The first kappa shape index (κ1) is 49.1. The van der Waals surface area contributed by atoms with Crippen LogP contribution in [0.3, 0.4) is 0 Å². The maximum absolute atomic E-state index is 6.73. The summed E-state index contributed by atoms with van der Waals surface area (Å²) >= 11 is 0. The van der Waals surface area contributed by atoms with E-state index in [9.17, 15) is 0 Å². The zero-order valence-electron chi connectivity index (χ0n) is 32.6. The molecule has 52 heavy (non-hydrogen) atoms. The van der Waals surface area contributed by atoms with E-state index in [4.69, 9.17) is 54.4 Å². The monoisotopic (exact) mass is 975 g/mol. The molecule has 3 rings (SSSR count). The first-order valence-electron chi connectivity index (χ1n) is 18.3. The molecule has 3 fully saturated rings. The van der Waals surface area contributed by atoms with Gasteiger partial charge >= 0.3 is 47.9 Å². The van der Waals surface area contributed by atoms with Gasteiger partial charge in [0.15, 0.2) is 25.7 Å². The molecule has 28 heteroatoms. The number of rotatable bonds is 20. The van der Waals surface area contributed by atoms with Gasteiger partial charge in [0.05, 0.1) is 0 Å². The molecule has 3 aliphatic heterocycles. The second-order valence-electron chi connectivity index (χ2n) is 14.1. The van der Waals surface area contributed by atoms with Crippen molar-refractivity contribution in [1.82, 2.24) is 0 Å². The molecular weight excluding hydrogens is 918 g/mol. The molecule has 8 atom stereocenters. The first-order chi connectivity index (χ1) is 24.7. The summed E-state index contributed by atoms with van der Waals surface area (Å²) in [5.74, 6) is 0. The van der Waals surface area contributed by atoms with Crippen LogP contribution in [0, 0.1) is 0 Å². The summed E-state index contributed by atoms with van der Waals surface area (Å²) in [6.45, 7) is 22.0. The van der Waals surface area contributed by atoms with Crippen LogP contribution >= 0.6 is 0 Å². The molecule has 13 nitrogen and oxygen atoms in total. The Labute approximate surface area is 343 Å². The maximum atomic E-state index is 6.73. The van der Waals surface area contributed by atoms with Gasteiger partial charge in [-0.3, -0.25) is 0 Å². The van der Waals surface area contributed by atoms with E-state index in [1.807, 2.05) is 0 Å². The van der Waals surface area contributed by atoms with E-state index >= 15 is 0 Å². The normalized spacial score (nSPS) is 33.5. The SMILES string of the molecule is CC1C[SiH](C)O[SiH](C)O[Si](CC[Si]O[Si]O[Si]CC[Si]2OC(C)C[Si](C)(CC[Si]O[Si]O[Si]CC[Si]3OC(C)C[Si](C)(C)O[SiH](C)O3)O[SiH](C)O2)O1. The molecule has 0 aromatic carbocycles. The van der Waals surface area contributed by atoms with E-state index in [0.29, 0.717) is 39.1 Å². The van der Waals surface area contributed by atoms with Gasteiger partial charge in [-0.25, -0.2) is 0 Å². The van der Waals surface area contributed by atoms with Crippen LogP contribution in [0.1, 0.15) is 20.8 Å². The molecule has 0 amide bonds. The van der Waals surface area contributed by atoms with Crippen molar-refractivity contribution in [3.05, 3.63) is 0 Å². The molecule has 0 aromatic heterocycles. The Morgan fingerprint density at radius 2 is 1.04 bits per heavy atom. The van der Waals surface area contributed by atoms with Gasteiger partial charge in [-0.05, 0) is 133 Å². The minimum atomic E-state index is -1.95. The van der Waals surface area contributed by atoms with Crippen LogP contribution in [0.25, 0.3) is 0 Å². The zero-order chi connectivity index (χ0) is 38.0. The first-order valence-corrected chi connectivity index (χ1v) is 43.7. The summed E-state index contributed by atoms with van der Waals surface area (Å²) in [4.78, 5) is 0. The molecule has 0 aliphatic carbocycles. The fourth-order valence-corrected chi connectivity index (χ4v) is 42.2. The lowest BCUT2D eigenvalue weighted by molar-refractivity contribution is 0.181. The lowest BCUT2D eigenvalue weighted by atomic mass is 10.5. The van der Waals surface area contributed by atoms with E-state index in [1.165, 1.54) is 0 Å².